The Balaban J connectivity index is 1.71. The number of hydrogen-bond acceptors (Lipinski definition) is 3. The van der Waals surface area contributed by atoms with Gasteiger partial charge in [-0.3, -0.25) is 14.5 Å². The molecule has 4 rings (SSSR count). The molecule has 9 heteroatoms. The number of nitriles is 1. The number of nitrogens with zero attached hydrogens (tertiary/aromatic N) is 2. The molecule has 1 atom stereocenters. The fourth-order valence-corrected chi connectivity index (χ4v) is 4.59. The maximum atomic E-state index is 14.0. The summed E-state index contributed by atoms with van der Waals surface area (Å²) >= 11 is 0. The summed E-state index contributed by atoms with van der Waals surface area (Å²) < 4.78 is 54.1. The van der Waals surface area contributed by atoms with E-state index < -0.39 is 35.3 Å². The van der Waals surface area contributed by atoms with Gasteiger partial charge in [0.25, 0.3) is 0 Å². The number of halogens is 4. The van der Waals surface area contributed by atoms with E-state index in [0.29, 0.717) is 16.7 Å². The Bertz CT molecular complexity index is 1440. The molecule has 1 unspecified atom stereocenters. The first-order valence-electron chi connectivity index (χ1n) is 11.8. The normalized spacial score (nSPS) is 15.8. The Labute approximate surface area is 217 Å². The molecule has 0 spiro atoms. The molecule has 0 saturated carbocycles. The van der Waals surface area contributed by atoms with Gasteiger partial charge < -0.3 is 5.32 Å². The van der Waals surface area contributed by atoms with Crippen LogP contribution >= 0.6 is 0 Å². The zero-order valence-electron chi connectivity index (χ0n) is 20.3. The topological polar surface area (TPSA) is 73.2 Å². The largest absolute Gasteiger partial charge is 0.416 e. The first-order chi connectivity index (χ1) is 18.1. The molecule has 0 bridgehead atoms. The average Bonchev–Trinajstić information content (AvgIpc) is 2.89. The van der Waals surface area contributed by atoms with E-state index in [4.69, 9.17) is 5.26 Å². The summed E-state index contributed by atoms with van der Waals surface area (Å²) in [4.78, 5) is 27.9. The second-order valence-electron chi connectivity index (χ2n) is 8.86. The molecule has 1 aliphatic heterocycles. The molecule has 0 aliphatic carbocycles. The number of nitrogens with one attached hydrogen (secondary N) is 1. The van der Waals surface area contributed by atoms with Gasteiger partial charge in [-0.25, -0.2) is 4.39 Å². The summed E-state index contributed by atoms with van der Waals surface area (Å²) in [6.45, 7) is 1.62. The van der Waals surface area contributed by atoms with Crippen molar-refractivity contribution < 1.29 is 27.2 Å². The molecule has 0 radical (unpaired) electrons. The number of allylic oxidation sites excluding steroid dienone is 1. The van der Waals surface area contributed by atoms with Crippen LogP contribution in [0.25, 0.3) is 0 Å². The van der Waals surface area contributed by atoms with E-state index in [9.17, 15) is 27.2 Å². The van der Waals surface area contributed by atoms with Crippen LogP contribution in [0.15, 0.2) is 84.1 Å². The van der Waals surface area contributed by atoms with E-state index in [1.54, 1.807) is 42.5 Å². The first kappa shape index (κ1) is 26.6. The Morgan fingerprint density at radius 3 is 2.45 bits per heavy atom. The molecule has 0 saturated heterocycles. The molecule has 3 aromatic rings. The van der Waals surface area contributed by atoms with E-state index in [1.165, 1.54) is 25.1 Å². The van der Waals surface area contributed by atoms with E-state index in [0.717, 1.165) is 17.0 Å². The fraction of sp³-hybridized carbons (Fsp3) is 0.207. The predicted molar refractivity (Wildman–Crippen MR) is 133 cm³/mol. The lowest BCUT2D eigenvalue weighted by atomic mass is 9.82. The van der Waals surface area contributed by atoms with Gasteiger partial charge in [0.15, 0.2) is 0 Å². The highest BCUT2D eigenvalue weighted by atomic mass is 19.4. The van der Waals surface area contributed by atoms with Crippen molar-refractivity contribution in [1.82, 2.24) is 5.32 Å². The minimum Gasteiger partial charge on any atom is -0.352 e. The van der Waals surface area contributed by atoms with E-state index in [-0.39, 0.29) is 36.3 Å². The smallest absolute Gasteiger partial charge is 0.352 e. The molecule has 194 valence electrons. The molecular weight excluding hydrogens is 498 g/mol. The highest BCUT2D eigenvalue weighted by Crippen LogP contribution is 2.40. The van der Waals surface area contributed by atoms with Crippen molar-refractivity contribution in [2.75, 3.05) is 11.4 Å². The maximum Gasteiger partial charge on any atom is 0.416 e. The zero-order valence-corrected chi connectivity index (χ0v) is 20.3. The van der Waals surface area contributed by atoms with Crippen molar-refractivity contribution in [2.45, 2.75) is 31.9 Å². The number of benzene rings is 3. The van der Waals surface area contributed by atoms with Crippen LogP contribution in [0.5, 0.6) is 0 Å². The first-order valence-corrected chi connectivity index (χ1v) is 11.8. The van der Waals surface area contributed by atoms with Crippen molar-refractivity contribution in [3.8, 4) is 6.07 Å². The van der Waals surface area contributed by atoms with Crippen LogP contribution in [0, 0.1) is 17.1 Å². The lowest BCUT2D eigenvalue weighted by Gasteiger charge is -2.35. The SMILES string of the molecule is CC1=C(C(=O)NCCc2ccccc2F)C(c2ccc(C#N)cc2)CC(=O)N1c1cccc(C(F)(F)F)c1. The van der Waals surface area contributed by atoms with Gasteiger partial charge >= 0.3 is 6.18 Å². The molecule has 1 aliphatic rings. The zero-order chi connectivity index (χ0) is 27.4. The van der Waals surface area contributed by atoms with Crippen LogP contribution in [-0.4, -0.2) is 18.4 Å². The highest BCUT2D eigenvalue weighted by Gasteiger charge is 2.38. The van der Waals surface area contributed by atoms with Crippen molar-refractivity contribution in [2.24, 2.45) is 0 Å². The van der Waals surface area contributed by atoms with Gasteiger partial charge in [0.2, 0.25) is 11.8 Å². The molecule has 3 aromatic carbocycles. The van der Waals surface area contributed by atoms with Crippen LogP contribution in [0.3, 0.4) is 0 Å². The van der Waals surface area contributed by atoms with Crippen LogP contribution < -0.4 is 10.2 Å². The molecule has 5 nitrogen and oxygen atoms in total. The van der Waals surface area contributed by atoms with E-state index in [2.05, 4.69) is 5.32 Å². The van der Waals surface area contributed by atoms with E-state index in [1.807, 2.05) is 6.07 Å². The number of carbonyl (C=O) groups excluding carboxylic acids is 2. The third-order valence-corrected chi connectivity index (χ3v) is 6.46. The third-order valence-electron chi connectivity index (χ3n) is 6.46. The number of anilines is 1. The Kier molecular flexibility index (Phi) is 7.62. The molecule has 2 amide bonds. The number of alkyl halides is 3. The van der Waals surface area contributed by atoms with Gasteiger partial charge in [-0.15, -0.1) is 0 Å². The summed E-state index contributed by atoms with van der Waals surface area (Å²) in [7, 11) is 0. The number of amides is 2. The molecule has 0 aromatic heterocycles. The van der Waals surface area contributed by atoms with Crippen molar-refractivity contribution >= 4 is 17.5 Å². The molecular formula is C29H23F4N3O2. The van der Waals surface area contributed by atoms with Gasteiger partial charge in [-0.05, 0) is 60.9 Å². The summed E-state index contributed by atoms with van der Waals surface area (Å²) in [6, 6.07) is 19.0. The van der Waals surface area contributed by atoms with Gasteiger partial charge in [0.1, 0.15) is 5.82 Å². The summed E-state index contributed by atoms with van der Waals surface area (Å²) in [5, 5.41) is 11.9. The molecule has 1 heterocycles. The van der Waals surface area contributed by atoms with Crippen LogP contribution in [0.1, 0.15) is 41.5 Å². The number of hydrogen-bond donors (Lipinski definition) is 1. The predicted octanol–water partition coefficient (Wildman–Crippen LogP) is 5.87. The lowest BCUT2D eigenvalue weighted by molar-refractivity contribution is -0.137. The second kappa shape index (κ2) is 10.9. The van der Waals surface area contributed by atoms with Gasteiger partial charge in [0.05, 0.1) is 17.2 Å². The van der Waals surface area contributed by atoms with Gasteiger partial charge in [0, 0.05) is 35.8 Å². The maximum absolute atomic E-state index is 14.0. The highest BCUT2D eigenvalue weighted by molar-refractivity contribution is 6.06. The minimum absolute atomic E-state index is 0.00254. The van der Waals surface area contributed by atoms with E-state index >= 15 is 0 Å². The van der Waals surface area contributed by atoms with Crippen molar-refractivity contribution in [3.05, 3.63) is 112 Å². The van der Waals surface area contributed by atoms with Crippen LogP contribution in [-0.2, 0) is 22.2 Å². The van der Waals surface area contributed by atoms with Gasteiger partial charge in [-0.2, -0.15) is 18.4 Å². The van der Waals surface area contributed by atoms with Crippen molar-refractivity contribution in [3.63, 3.8) is 0 Å². The number of rotatable bonds is 6. The summed E-state index contributed by atoms with van der Waals surface area (Å²) in [5.41, 5.74) is 0.917. The van der Waals surface area contributed by atoms with Crippen LogP contribution in [0.2, 0.25) is 0 Å². The molecule has 38 heavy (non-hydrogen) atoms. The summed E-state index contributed by atoms with van der Waals surface area (Å²) in [6.07, 6.45) is -4.55. The second-order valence-corrected chi connectivity index (χ2v) is 8.86. The fourth-order valence-electron chi connectivity index (χ4n) is 4.59. The lowest BCUT2D eigenvalue weighted by Crippen LogP contribution is -2.41. The summed E-state index contributed by atoms with van der Waals surface area (Å²) in [5.74, 6) is -2.07. The third kappa shape index (κ3) is 5.59. The van der Waals surface area contributed by atoms with Crippen molar-refractivity contribution in [1.29, 1.82) is 5.26 Å². The molecule has 1 N–H and O–H groups in total. The molecule has 0 fully saturated rings. The van der Waals surface area contributed by atoms with Gasteiger partial charge in [-0.1, -0.05) is 36.4 Å². The minimum atomic E-state index is -4.61. The Morgan fingerprint density at radius 2 is 1.79 bits per heavy atom. The van der Waals surface area contributed by atoms with Crippen LogP contribution in [0.4, 0.5) is 23.2 Å². The Hall–Kier alpha value is -4.45. The standard InChI is InChI=1S/C29H23F4N3O2/c1-18-27(28(38)35-14-13-21-5-2-3-8-25(21)30)24(20-11-9-19(17-34)10-12-20)16-26(37)36(18)23-7-4-6-22(15-23)29(31,32)33/h2-12,15,24H,13-14,16H2,1H3,(H,35,38). The monoisotopic (exact) mass is 521 g/mol. The average molecular weight is 522 g/mol. The number of carbonyl (C=O) groups is 2. The quantitative estimate of drug-likeness (QED) is 0.413. The Morgan fingerprint density at radius 1 is 1.08 bits per heavy atom.